The van der Waals surface area contributed by atoms with E-state index in [-0.39, 0.29) is 5.91 Å². The Labute approximate surface area is 137 Å². The molecular formula is C17H16N2OS2. The second-order valence-electron chi connectivity index (χ2n) is 5.07. The Kier molecular flexibility index (Phi) is 4.36. The van der Waals surface area contributed by atoms with Crippen molar-refractivity contribution in [3.05, 3.63) is 57.2 Å². The second-order valence-corrected chi connectivity index (χ2v) is 7.13. The van der Waals surface area contributed by atoms with Gasteiger partial charge in [0.05, 0.1) is 16.8 Å². The number of aromatic nitrogens is 1. The summed E-state index contributed by atoms with van der Waals surface area (Å²) in [4.78, 5) is 19.6. The van der Waals surface area contributed by atoms with Crippen molar-refractivity contribution >= 4 is 44.9 Å². The SMILES string of the molecule is Cc1ccsc1/C=C/C(=O)N(C)Cc1nc2ccccc2s1. The van der Waals surface area contributed by atoms with Crippen LogP contribution in [0.3, 0.4) is 0 Å². The van der Waals surface area contributed by atoms with E-state index in [1.807, 2.05) is 36.6 Å². The first kappa shape index (κ1) is 14.9. The van der Waals surface area contributed by atoms with Crippen LogP contribution in [0, 0.1) is 6.92 Å². The quantitative estimate of drug-likeness (QED) is 0.668. The third-order valence-electron chi connectivity index (χ3n) is 3.37. The maximum absolute atomic E-state index is 12.2. The fraction of sp³-hybridized carbons (Fsp3) is 0.176. The molecule has 0 radical (unpaired) electrons. The van der Waals surface area contributed by atoms with E-state index in [1.54, 1.807) is 40.7 Å². The molecule has 5 heteroatoms. The lowest BCUT2D eigenvalue weighted by Crippen LogP contribution is -2.23. The fourth-order valence-corrected chi connectivity index (χ4v) is 3.94. The average molecular weight is 328 g/mol. The van der Waals surface area contributed by atoms with Crippen molar-refractivity contribution in [2.24, 2.45) is 0 Å². The second kappa shape index (κ2) is 6.42. The molecule has 0 unspecified atom stereocenters. The Hall–Kier alpha value is -1.98. The van der Waals surface area contributed by atoms with E-state index in [9.17, 15) is 4.79 Å². The number of aryl methyl sites for hydroxylation is 1. The molecule has 2 aromatic heterocycles. The summed E-state index contributed by atoms with van der Waals surface area (Å²) in [5.41, 5.74) is 2.19. The lowest BCUT2D eigenvalue weighted by atomic mass is 10.3. The Morgan fingerprint density at radius 3 is 2.86 bits per heavy atom. The summed E-state index contributed by atoms with van der Waals surface area (Å²) in [6.45, 7) is 2.58. The van der Waals surface area contributed by atoms with Crippen molar-refractivity contribution in [1.29, 1.82) is 0 Å². The van der Waals surface area contributed by atoms with Crippen LogP contribution in [0.5, 0.6) is 0 Å². The van der Waals surface area contributed by atoms with Crippen molar-refractivity contribution in [1.82, 2.24) is 9.88 Å². The van der Waals surface area contributed by atoms with Gasteiger partial charge in [0.25, 0.3) is 0 Å². The minimum Gasteiger partial charge on any atom is -0.335 e. The van der Waals surface area contributed by atoms with Gasteiger partial charge in [-0.25, -0.2) is 4.98 Å². The standard InChI is InChI=1S/C17H16N2OS2/c1-12-9-10-21-14(12)7-8-17(20)19(2)11-16-18-13-5-3-4-6-15(13)22-16/h3-10H,11H2,1-2H3/b8-7+. The van der Waals surface area contributed by atoms with Crippen LogP contribution in [-0.4, -0.2) is 22.8 Å². The van der Waals surface area contributed by atoms with E-state index in [0.717, 1.165) is 20.1 Å². The number of hydrogen-bond donors (Lipinski definition) is 0. The topological polar surface area (TPSA) is 33.2 Å². The minimum absolute atomic E-state index is 0.00736. The molecule has 2 heterocycles. The predicted molar refractivity (Wildman–Crippen MR) is 94.2 cm³/mol. The first-order chi connectivity index (χ1) is 10.6. The zero-order chi connectivity index (χ0) is 15.5. The van der Waals surface area contributed by atoms with Crippen LogP contribution in [0.4, 0.5) is 0 Å². The van der Waals surface area contributed by atoms with Crippen LogP contribution in [0.25, 0.3) is 16.3 Å². The van der Waals surface area contributed by atoms with Gasteiger partial charge in [-0.3, -0.25) is 4.79 Å². The lowest BCUT2D eigenvalue weighted by molar-refractivity contribution is -0.125. The normalized spacial score (nSPS) is 11.4. The van der Waals surface area contributed by atoms with Gasteiger partial charge in [-0.05, 0) is 42.1 Å². The fourth-order valence-electron chi connectivity index (χ4n) is 2.10. The molecule has 0 N–H and O–H groups in total. The van der Waals surface area contributed by atoms with Gasteiger partial charge in [-0.15, -0.1) is 22.7 Å². The molecule has 3 aromatic rings. The van der Waals surface area contributed by atoms with Crippen LogP contribution >= 0.6 is 22.7 Å². The smallest absolute Gasteiger partial charge is 0.246 e. The third-order valence-corrected chi connectivity index (χ3v) is 5.37. The van der Waals surface area contributed by atoms with Crippen LogP contribution in [-0.2, 0) is 11.3 Å². The number of carbonyl (C=O) groups is 1. The highest BCUT2D eigenvalue weighted by molar-refractivity contribution is 7.18. The molecular weight excluding hydrogens is 312 g/mol. The number of hydrogen-bond acceptors (Lipinski definition) is 4. The van der Waals surface area contributed by atoms with Gasteiger partial charge in [-0.1, -0.05) is 12.1 Å². The molecule has 3 rings (SSSR count). The number of thiazole rings is 1. The van der Waals surface area contributed by atoms with E-state index in [0.29, 0.717) is 6.54 Å². The van der Waals surface area contributed by atoms with Crippen molar-refractivity contribution in [2.45, 2.75) is 13.5 Å². The van der Waals surface area contributed by atoms with Crippen molar-refractivity contribution < 1.29 is 4.79 Å². The molecule has 22 heavy (non-hydrogen) atoms. The highest BCUT2D eigenvalue weighted by Gasteiger charge is 2.10. The van der Waals surface area contributed by atoms with Gasteiger partial charge < -0.3 is 4.90 Å². The molecule has 0 atom stereocenters. The van der Waals surface area contributed by atoms with Crippen molar-refractivity contribution in [2.75, 3.05) is 7.05 Å². The lowest BCUT2D eigenvalue weighted by Gasteiger charge is -2.12. The monoisotopic (exact) mass is 328 g/mol. The molecule has 0 saturated carbocycles. The number of fused-ring (bicyclic) bond motifs is 1. The van der Waals surface area contributed by atoms with Crippen molar-refractivity contribution in [3.8, 4) is 0 Å². The number of likely N-dealkylation sites (N-methyl/N-ethyl adjacent to an activating group) is 1. The Bertz CT molecular complexity index is 799. The predicted octanol–water partition coefficient (Wildman–Crippen LogP) is 4.34. The van der Waals surface area contributed by atoms with Gasteiger partial charge >= 0.3 is 0 Å². The molecule has 0 aliphatic rings. The highest BCUT2D eigenvalue weighted by atomic mass is 32.1. The number of carbonyl (C=O) groups excluding carboxylic acids is 1. The number of rotatable bonds is 4. The number of amides is 1. The van der Waals surface area contributed by atoms with Gasteiger partial charge in [0, 0.05) is 18.0 Å². The maximum Gasteiger partial charge on any atom is 0.246 e. The first-order valence-corrected chi connectivity index (χ1v) is 8.65. The van der Waals surface area contributed by atoms with E-state index < -0.39 is 0 Å². The number of benzene rings is 1. The molecule has 0 spiro atoms. The molecule has 0 bridgehead atoms. The van der Waals surface area contributed by atoms with Gasteiger partial charge in [-0.2, -0.15) is 0 Å². The van der Waals surface area contributed by atoms with Gasteiger partial charge in [0.15, 0.2) is 0 Å². The maximum atomic E-state index is 12.2. The highest BCUT2D eigenvalue weighted by Crippen LogP contribution is 2.22. The Morgan fingerprint density at radius 2 is 2.14 bits per heavy atom. The molecule has 1 amide bonds. The summed E-state index contributed by atoms with van der Waals surface area (Å²) in [6, 6.07) is 10.1. The van der Waals surface area contributed by atoms with Crippen LogP contribution < -0.4 is 0 Å². The summed E-state index contributed by atoms with van der Waals surface area (Å²) in [6.07, 6.45) is 3.52. The van der Waals surface area contributed by atoms with Crippen LogP contribution in [0.15, 0.2) is 41.8 Å². The summed E-state index contributed by atoms with van der Waals surface area (Å²) in [5.74, 6) is -0.00736. The van der Waals surface area contributed by atoms with Gasteiger partial charge in [0.1, 0.15) is 5.01 Å². The summed E-state index contributed by atoms with van der Waals surface area (Å²) >= 11 is 3.28. The summed E-state index contributed by atoms with van der Waals surface area (Å²) in [5, 5.41) is 2.99. The zero-order valence-corrected chi connectivity index (χ0v) is 14.1. The third kappa shape index (κ3) is 3.26. The Morgan fingerprint density at radius 1 is 1.32 bits per heavy atom. The zero-order valence-electron chi connectivity index (χ0n) is 12.4. The van der Waals surface area contributed by atoms with Crippen LogP contribution in [0.1, 0.15) is 15.4 Å². The number of thiophene rings is 1. The molecule has 0 saturated heterocycles. The molecule has 3 nitrogen and oxygen atoms in total. The van der Waals surface area contributed by atoms with E-state index in [4.69, 9.17) is 0 Å². The number of nitrogens with zero attached hydrogens (tertiary/aromatic N) is 2. The molecule has 0 aliphatic heterocycles. The van der Waals surface area contributed by atoms with E-state index in [1.165, 1.54) is 5.56 Å². The Balaban J connectivity index is 1.68. The van der Waals surface area contributed by atoms with E-state index in [2.05, 4.69) is 17.1 Å². The summed E-state index contributed by atoms with van der Waals surface area (Å²) in [7, 11) is 1.81. The molecule has 1 aromatic carbocycles. The minimum atomic E-state index is -0.00736. The average Bonchev–Trinajstić information content (AvgIpc) is 3.10. The van der Waals surface area contributed by atoms with Gasteiger partial charge in [0.2, 0.25) is 5.91 Å². The largest absolute Gasteiger partial charge is 0.335 e. The van der Waals surface area contributed by atoms with Crippen LogP contribution in [0.2, 0.25) is 0 Å². The van der Waals surface area contributed by atoms with Crippen molar-refractivity contribution in [3.63, 3.8) is 0 Å². The molecule has 0 fully saturated rings. The number of para-hydroxylation sites is 1. The molecule has 0 aliphatic carbocycles. The first-order valence-electron chi connectivity index (χ1n) is 6.95. The molecule has 112 valence electrons. The van der Waals surface area contributed by atoms with E-state index >= 15 is 0 Å². The summed E-state index contributed by atoms with van der Waals surface area (Å²) < 4.78 is 1.16.